The summed E-state index contributed by atoms with van der Waals surface area (Å²) in [5.41, 5.74) is 2.68. The summed E-state index contributed by atoms with van der Waals surface area (Å²) in [6.07, 6.45) is 0.676. The molecule has 0 saturated carbocycles. The van der Waals surface area contributed by atoms with Crippen molar-refractivity contribution < 1.29 is 4.39 Å². The molecular weight excluding hydrogens is 309 g/mol. The first kappa shape index (κ1) is 14.2. The Morgan fingerprint density at radius 1 is 1.42 bits per heavy atom. The van der Waals surface area contributed by atoms with E-state index in [0.29, 0.717) is 12.0 Å². The largest absolute Gasteiger partial charge is 0.313 e. The molecule has 1 unspecified atom stereocenters. The van der Waals surface area contributed by atoms with Gasteiger partial charge in [0.05, 0.1) is 15.9 Å². The third-order valence-corrected chi connectivity index (χ3v) is 4.32. The first-order valence-corrected chi connectivity index (χ1v) is 6.93. The van der Waals surface area contributed by atoms with E-state index in [2.05, 4.69) is 26.3 Å². The van der Waals surface area contributed by atoms with Crippen LogP contribution in [0.25, 0.3) is 0 Å². The smallest absolute Gasteiger partial charge is 0.127 e. The lowest BCUT2D eigenvalue weighted by atomic mass is 10.0. The van der Waals surface area contributed by atoms with E-state index in [1.807, 2.05) is 37.8 Å². The molecular formula is C14H17BrFN3. The van der Waals surface area contributed by atoms with Crippen LogP contribution in [0.5, 0.6) is 0 Å². The van der Waals surface area contributed by atoms with Crippen molar-refractivity contribution in [3.8, 4) is 0 Å². The Kier molecular flexibility index (Phi) is 4.37. The van der Waals surface area contributed by atoms with E-state index in [1.165, 1.54) is 6.07 Å². The fourth-order valence-corrected chi connectivity index (χ4v) is 2.72. The quantitative estimate of drug-likeness (QED) is 0.935. The average Bonchev–Trinajstić information content (AvgIpc) is 2.63. The molecule has 1 N–H and O–H groups in total. The van der Waals surface area contributed by atoms with Gasteiger partial charge in [0.15, 0.2) is 0 Å². The lowest BCUT2D eigenvalue weighted by Crippen LogP contribution is -2.21. The third kappa shape index (κ3) is 2.87. The molecule has 0 spiro atoms. The molecule has 3 nitrogen and oxygen atoms in total. The van der Waals surface area contributed by atoms with Crippen LogP contribution in [0.1, 0.15) is 23.0 Å². The summed E-state index contributed by atoms with van der Waals surface area (Å²) in [6, 6.07) is 6.78. The van der Waals surface area contributed by atoms with Gasteiger partial charge < -0.3 is 5.32 Å². The van der Waals surface area contributed by atoms with Crippen molar-refractivity contribution in [2.24, 2.45) is 7.05 Å². The van der Waals surface area contributed by atoms with Crippen molar-refractivity contribution in [1.29, 1.82) is 0 Å². The van der Waals surface area contributed by atoms with Crippen LogP contribution in [-0.2, 0) is 13.5 Å². The Morgan fingerprint density at radius 3 is 2.63 bits per heavy atom. The highest BCUT2D eigenvalue weighted by Crippen LogP contribution is 2.26. The Morgan fingerprint density at radius 2 is 2.11 bits per heavy atom. The molecule has 102 valence electrons. The summed E-state index contributed by atoms with van der Waals surface area (Å²) in [5, 5.41) is 7.53. The SMILES string of the molecule is CNC(Cc1c(Br)c(C)nn1C)c1ccccc1F. The minimum atomic E-state index is -0.183. The molecule has 1 aromatic carbocycles. The Labute approximate surface area is 121 Å². The second kappa shape index (κ2) is 5.84. The molecule has 0 amide bonds. The zero-order chi connectivity index (χ0) is 14.0. The molecule has 1 aromatic heterocycles. The van der Waals surface area contributed by atoms with E-state index in [0.717, 1.165) is 15.9 Å². The van der Waals surface area contributed by atoms with Crippen LogP contribution in [0, 0.1) is 12.7 Å². The second-order valence-corrected chi connectivity index (χ2v) is 5.33. The van der Waals surface area contributed by atoms with E-state index in [9.17, 15) is 4.39 Å². The maximum atomic E-state index is 13.9. The lowest BCUT2D eigenvalue weighted by Gasteiger charge is -2.17. The van der Waals surface area contributed by atoms with Crippen LogP contribution in [0.2, 0.25) is 0 Å². The fraction of sp³-hybridized carbons (Fsp3) is 0.357. The summed E-state index contributed by atoms with van der Waals surface area (Å²) in [6.45, 7) is 1.95. The van der Waals surface area contributed by atoms with Crippen LogP contribution in [0.15, 0.2) is 28.7 Å². The van der Waals surface area contributed by atoms with Crippen molar-refractivity contribution in [2.75, 3.05) is 7.05 Å². The molecule has 0 fully saturated rings. The molecule has 1 atom stereocenters. The second-order valence-electron chi connectivity index (χ2n) is 4.54. The maximum Gasteiger partial charge on any atom is 0.127 e. The highest BCUT2D eigenvalue weighted by molar-refractivity contribution is 9.10. The number of nitrogens with one attached hydrogen (secondary N) is 1. The van der Waals surface area contributed by atoms with Crippen molar-refractivity contribution >= 4 is 15.9 Å². The Balaban J connectivity index is 2.32. The Hall–Kier alpha value is -1.20. The van der Waals surface area contributed by atoms with Gasteiger partial charge in [-0.05, 0) is 36.0 Å². The van der Waals surface area contributed by atoms with Gasteiger partial charge in [0.2, 0.25) is 0 Å². The van der Waals surface area contributed by atoms with Crippen molar-refractivity contribution in [1.82, 2.24) is 15.1 Å². The molecule has 0 aliphatic heterocycles. The van der Waals surface area contributed by atoms with Crippen LogP contribution in [0.3, 0.4) is 0 Å². The van der Waals surface area contributed by atoms with Crippen LogP contribution >= 0.6 is 15.9 Å². The summed E-state index contributed by atoms with van der Waals surface area (Å²) in [7, 11) is 3.75. The predicted molar refractivity (Wildman–Crippen MR) is 77.5 cm³/mol. The van der Waals surface area contributed by atoms with E-state index in [-0.39, 0.29) is 11.9 Å². The molecule has 5 heteroatoms. The number of halogens is 2. The number of hydrogen-bond donors (Lipinski definition) is 1. The van der Waals surface area contributed by atoms with Gasteiger partial charge in [-0.1, -0.05) is 18.2 Å². The first-order valence-electron chi connectivity index (χ1n) is 6.14. The highest BCUT2D eigenvalue weighted by Gasteiger charge is 2.19. The van der Waals surface area contributed by atoms with E-state index >= 15 is 0 Å². The topological polar surface area (TPSA) is 29.9 Å². The number of aromatic nitrogens is 2. The van der Waals surface area contributed by atoms with Crippen molar-refractivity contribution in [2.45, 2.75) is 19.4 Å². The van der Waals surface area contributed by atoms with Gasteiger partial charge in [-0.25, -0.2) is 4.39 Å². The summed E-state index contributed by atoms with van der Waals surface area (Å²) in [5.74, 6) is -0.183. The molecule has 0 bridgehead atoms. The summed E-state index contributed by atoms with van der Waals surface area (Å²) in [4.78, 5) is 0. The van der Waals surface area contributed by atoms with E-state index < -0.39 is 0 Å². The van der Waals surface area contributed by atoms with Crippen LogP contribution < -0.4 is 5.32 Å². The molecule has 0 saturated heterocycles. The number of aryl methyl sites for hydroxylation is 2. The Bertz CT molecular complexity index is 580. The van der Waals surface area contributed by atoms with Crippen LogP contribution in [0.4, 0.5) is 4.39 Å². The van der Waals surface area contributed by atoms with Crippen molar-refractivity contribution in [3.05, 3.63) is 51.5 Å². The summed E-state index contributed by atoms with van der Waals surface area (Å²) < 4.78 is 16.7. The standard InChI is InChI=1S/C14H17BrFN3/c1-9-14(15)13(19(3)18-9)8-12(17-2)10-6-4-5-7-11(10)16/h4-7,12,17H,8H2,1-3H3. The van der Waals surface area contributed by atoms with Gasteiger partial charge in [0.1, 0.15) is 5.82 Å². The zero-order valence-corrected chi connectivity index (χ0v) is 12.8. The molecule has 2 rings (SSSR count). The number of rotatable bonds is 4. The average molecular weight is 326 g/mol. The van der Waals surface area contributed by atoms with Gasteiger partial charge in [-0.15, -0.1) is 0 Å². The predicted octanol–water partition coefficient (Wildman–Crippen LogP) is 3.13. The number of likely N-dealkylation sites (N-methyl/N-ethyl adjacent to an activating group) is 1. The third-order valence-electron chi connectivity index (χ3n) is 3.29. The zero-order valence-electron chi connectivity index (χ0n) is 11.2. The van der Waals surface area contributed by atoms with E-state index in [4.69, 9.17) is 0 Å². The van der Waals surface area contributed by atoms with Crippen molar-refractivity contribution in [3.63, 3.8) is 0 Å². The monoisotopic (exact) mass is 325 g/mol. The van der Waals surface area contributed by atoms with Crippen LogP contribution in [-0.4, -0.2) is 16.8 Å². The number of benzene rings is 1. The fourth-order valence-electron chi connectivity index (χ4n) is 2.22. The van der Waals surface area contributed by atoms with Gasteiger partial charge in [-0.3, -0.25) is 4.68 Å². The molecule has 1 heterocycles. The van der Waals surface area contributed by atoms with Gasteiger partial charge in [0, 0.05) is 25.1 Å². The van der Waals surface area contributed by atoms with Gasteiger partial charge >= 0.3 is 0 Å². The minimum absolute atomic E-state index is 0.0766. The molecule has 0 aliphatic rings. The molecule has 0 aliphatic carbocycles. The molecule has 2 aromatic rings. The molecule has 19 heavy (non-hydrogen) atoms. The first-order chi connectivity index (χ1) is 9.04. The van der Waals surface area contributed by atoms with Gasteiger partial charge in [-0.2, -0.15) is 5.10 Å². The highest BCUT2D eigenvalue weighted by atomic mass is 79.9. The summed E-state index contributed by atoms with van der Waals surface area (Å²) >= 11 is 3.54. The number of hydrogen-bond acceptors (Lipinski definition) is 2. The normalized spacial score (nSPS) is 12.7. The maximum absolute atomic E-state index is 13.9. The molecule has 0 radical (unpaired) electrons. The number of nitrogens with zero attached hydrogens (tertiary/aromatic N) is 2. The van der Waals surface area contributed by atoms with E-state index in [1.54, 1.807) is 6.07 Å². The minimum Gasteiger partial charge on any atom is -0.313 e. The lowest BCUT2D eigenvalue weighted by molar-refractivity contribution is 0.519. The van der Waals surface area contributed by atoms with Gasteiger partial charge in [0.25, 0.3) is 0 Å².